The molecule has 4 fully saturated rings. The van der Waals surface area contributed by atoms with Crippen LogP contribution >= 0.6 is 0 Å². The first-order chi connectivity index (χ1) is 21.5. The maximum Gasteiger partial charge on any atom is 0.306 e. The van der Waals surface area contributed by atoms with Crippen molar-refractivity contribution in [3.8, 4) is 0 Å². The molecule has 254 valence electrons. The second-order valence-electron chi connectivity index (χ2n) is 15.3. The van der Waals surface area contributed by atoms with Crippen molar-refractivity contribution < 1.29 is 38.1 Å². The van der Waals surface area contributed by atoms with Gasteiger partial charge in [-0.25, -0.2) is 4.39 Å². The van der Waals surface area contributed by atoms with E-state index in [2.05, 4.69) is 6.92 Å². The number of alkyl halides is 1. The van der Waals surface area contributed by atoms with Gasteiger partial charge in [-0.15, -0.1) is 0 Å². The molecule has 45 heavy (non-hydrogen) atoms. The van der Waals surface area contributed by atoms with Crippen molar-refractivity contribution in [3.05, 3.63) is 11.6 Å². The van der Waals surface area contributed by atoms with Crippen LogP contribution in [-0.2, 0) is 28.6 Å². The molecule has 0 radical (unpaired) electrons. The smallest absolute Gasteiger partial charge is 0.306 e. The number of Topliss-reactive ketones (excluding diaryl/α,β-unsaturated/α-hetero) is 1. The number of aliphatic hydroxyl groups excluding tert-OH is 1. The fraction of sp³-hybridized carbons (Fsp3) is 0.865. The van der Waals surface area contributed by atoms with Crippen LogP contribution in [0, 0.1) is 28.6 Å². The number of unbranched alkanes of at least 4 members (excludes halogenated alkanes) is 8. The van der Waals surface area contributed by atoms with E-state index >= 15 is 4.39 Å². The fourth-order valence-corrected chi connectivity index (χ4v) is 10.3. The van der Waals surface area contributed by atoms with Gasteiger partial charge >= 0.3 is 5.97 Å². The molecule has 0 aromatic carbocycles. The second-order valence-corrected chi connectivity index (χ2v) is 15.3. The standard InChI is InChI=1S/C37H57FO7/c1-5-7-8-9-10-11-12-13-14-16-32(42)43-23-30(41)37-31(44-33(45-37)15-6-2)21-26-25-20-28(38)27-19-24(39)17-18-35(27,3)34(25)29(40)22-36(26,37)4/h19,25-26,28-29,31,33-34,40H,5-18,20-23H2,1-4H3/t25-,26-,28-,29-,31+,33?,34+,35-,36-,37+/m0/s1. The summed E-state index contributed by atoms with van der Waals surface area (Å²) in [6.45, 7) is 7.87. The zero-order chi connectivity index (χ0) is 32.4. The van der Waals surface area contributed by atoms with Gasteiger partial charge in [0.1, 0.15) is 6.17 Å². The molecule has 7 nitrogen and oxygen atoms in total. The number of hydrogen-bond acceptors (Lipinski definition) is 7. The van der Waals surface area contributed by atoms with Crippen LogP contribution in [0.15, 0.2) is 11.6 Å². The summed E-state index contributed by atoms with van der Waals surface area (Å²) in [6.07, 6.45) is 12.3. The third-order valence-electron chi connectivity index (χ3n) is 12.5. The number of halogens is 1. The Morgan fingerprint density at radius 2 is 1.71 bits per heavy atom. The Balaban J connectivity index is 1.27. The number of ketones is 2. The van der Waals surface area contributed by atoms with Crippen molar-refractivity contribution in [2.45, 2.75) is 167 Å². The quantitative estimate of drug-likeness (QED) is 0.149. The molecule has 5 rings (SSSR count). The lowest BCUT2D eigenvalue weighted by Crippen LogP contribution is -2.64. The lowest BCUT2D eigenvalue weighted by molar-refractivity contribution is -0.206. The van der Waals surface area contributed by atoms with Gasteiger partial charge in [0.25, 0.3) is 0 Å². The largest absolute Gasteiger partial charge is 0.458 e. The lowest BCUT2D eigenvalue weighted by atomic mass is 9.45. The number of fused-ring (bicyclic) bond motifs is 7. The predicted molar refractivity (Wildman–Crippen MR) is 169 cm³/mol. The van der Waals surface area contributed by atoms with Crippen LogP contribution in [0.1, 0.15) is 137 Å². The van der Waals surface area contributed by atoms with E-state index in [-0.39, 0.29) is 54.7 Å². The van der Waals surface area contributed by atoms with Gasteiger partial charge in [-0.05, 0) is 73.3 Å². The minimum atomic E-state index is -1.37. The normalized spacial score (nSPS) is 40.3. The van der Waals surface area contributed by atoms with Crippen LogP contribution in [0.3, 0.4) is 0 Å². The Labute approximate surface area is 269 Å². The Morgan fingerprint density at radius 1 is 1.02 bits per heavy atom. The maximum absolute atomic E-state index is 15.9. The third-order valence-corrected chi connectivity index (χ3v) is 12.5. The van der Waals surface area contributed by atoms with Gasteiger partial charge < -0.3 is 19.3 Å². The number of hydrogen-bond donors (Lipinski definition) is 1. The zero-order valence-corrected chi connectivity index (χ0v) is 28.1. The predicted octanol–water partition coefficient (Wildman–Crippen LogP) is 7.36. The molecule has 0 aromatic rings. The van der Waals surface area contributed by atoms with Crippen LogP contribution < -0.4 is 0 Å². The number of carbonyl (C=O) groups excluding carboxylic acids is 3. The van der Waals surface area contributed by atoms with E-state index in [9.17, 15) is 19.5 Å². The average Bonchev–Trinajstić information content (AvgIpc) is 3.48. The van der Waals surface area contributed by atoms with Gasteiger partial charge in [-0.1, -0.05) is 85.5 Å². The van der Waals surface area contributed by atoms with Gasteiger partial charge in [0.2, 0.25) is 5.78 Å². The van der Waals surface area contributed by atoms with E-state index in [1.807, 2.05) is 20.8 Å². The molecule has 10 atom stereocenters. The van der Waals surface area contributed by atoms with Gasteiger partial charge in [-0.2, -0.15) is 0 Å². The number of carbonyl (C=O) groups is 3. The molecule has 8 heteroatoms. The summed E-state index contributed by atoms with van der Waals surface area (Å²) in [4.78, 5) is 39.2. The van der Waals surface area contributed by atoms with Gasteiger partial charge in [0.15, 0.2) is 24.3 Å². The van der Waals surface area contributed by atoms with E-state index in [1.165, 1.54) is 44.6 Å². The highest BCUT2D eigenvalue weighted by Gasteiger charge is 2.76. The van der Waals surface area contributed by atoms with E-state index in [1.54, 1.807) is 0 Å². The molecule has 0 amide bonds. The highest BCUT2D eigenvalue weighted by atomic mass is 19.1. The molecular weight excluding hydrogens is 575 g/mol. The first-order valence-electron chi connectivity index (χ1n) is 18.1. The topological polar surface area (TPSA) is 99.1 Å². The minimum absolute atomic E-state index is 0.0465. The van der Waals surface area contributed by atoms with E-state index in [0.29, 0.717) is 37.7 Å². The molecule has 1 N–H and O–H groups in total. The summed E-state index contributed by atoms with van der Waals surface area (Å²) in [7, 11) is 0. The molecule has 0 spiro atoms. The minimum Gasteiger partial charge on any atom is -0.458 e. The van der Waals surface area contributed by atoms with Crippen molar-refractivity contribution in [1.29, 1.82) is 0 Å². The molecule has 4 aliphatic carbocycles. The summed E-state index contributed by atoms with van der Waals surface area (Å²) in [6, 6.07) is 0. The van der Waals surface area contributed by atoms with Gasteiger partial charge in [-0.3, -0.25) is 14.4 Å². The number of ether oxygens (including phenoxy) is 3. The Bertz CT molecular complexity index is 1120. The molecule has 3 saturated carbocycles. The van der Waals surface area contributed by atoms with Crippen LogP contribution in [0.2, 0.25) is 0 Å². The highest BCUT2D eigenvalue weighted by molar-refractivity contribution is 5.93. The van der Waals surface area contributed by atoms with Crippen molar-refractivity contribution in [2.24, 2.45) is 28.6 Å². The lowest BCUT2D eigenvalue weighted by Gasteiger charge is -2.61. The second kappa shape index (κ2) is 14.2. The molecule has 1 saturated heterocycles. The molecule has 1 aliphatic heterocycles. The van der Waals surface area contributed by atoms with Crippen molar-refractivity contribution >= 4 is 17.5 Å². The Hall–Kier alpha value is -1.64. The Kier molecular flexibility index (Phi) is 11.0. The maximum atomic E-state index is 15.9. The summed E-state index contributed by atoms with van der Waals surface area (Å²) < 4.78 is 34.5. The highest BCUT2D eigenvalue weighted by Crippen LogP contribution is 2.70. The van der Waals surface area contributed by atoms with Gasteiger partial charge in [0, 0.05) is 18.3 Å². The van der Waals surface area contributed by atoms with E-state index < -0.39 is 41.1 Å². The monoisotopic (exact) mass is 632 g/mol. The van der Waals surface area contributed by atoms with Crippen LogP contribution in [0.25, 0.3) is 0 Å². The summed E-state index contributed by atoms with van der Waals surface area (Å²) in [5, 5.41) is 11.9. The summed E-state index contributed by atoms with van der Waals surface area (Å²) in [5.74, 6) is -1.26. The molecule has 1 unspecified atom stereocenters. The third kappa shape index (κ3) is 6.34. The molecule has 5 aliphatic rings. The van der Waals surface area contributed by atoms with Crippen molar-refractivity contribution in [2.75, 3.05) is 6.61 Å². The average molecular weight is 633 g/mol. The van der Waals surface area contributed by atoms with Crippen molar-refractivity contribution in [3.63, 3.8) is 0 Å². The number of rotatable bonds is 15. The first-order valence-corrected chi connectivity index (χ1v) is 18.1. The number of aliphatic hydroxyl groups is 1. The van der Waals surface area contributed by atoms with Gasteiger partial charge in [0.05, 0.1) is 12.2 Å². The molecule has 1 heterocycles. The van der Waals surface area contributed by atoms with Crippen LogP contribution in [0.4, 0.5) is 4.39 Å². The Morgan fingerprint density at radius 3 is 2.40 bits per heavy atom. The van der Waals surface area contributed by atoms with E-state index in [0.717, 1.165) is 25.7 Å². The number of allylic oxidation sites excluding steroid dienone is 1. The first kappa shape index (κ1) is 34.7. The molecular formula is C37H57FO7. The summed E-state index contributed by atoms with van der Waals surface area (Å²) >= 11 is 0. The van der Waals surface area contributed by atoms with E-state index in [4.69, 9.17) is 14.2 Å². The molecule has 0 bridgehead atoms. The SMILES string of the molecule is CCCCCCCCCCCC(=O)OCC(=O)[C@@]12OC(CCC)O[C@@H]1C[C@H]1[C@@H]3C[C@H](F)C4=CC(=O)CC[C@]4(C)[C@H]3[C@@H](O)C[C@@]12C. The van der Waals surface area contributed by atoms with Crippen molar-refractivity contribution in [1.82, 2.24) is 0 Å². The zero-order valence-electron chi connectivity index (χ0n) is 28.1. The van der Waals surface area contributed by atoms with Crippen LogP contribution in [0.5, 0.6) is 0 Å². The number of esters is 1. The summed E-state index contributed by atoms with van der Waals surface area (Å²) in [5.41, 5.74) is -2.26. The fourth-order valence-electron chi connectivity index (χ4n) is 10.3. The molecule has 0 aromatic heterocycles. The van der Waals surface area contributed by atoms with Crippen LogP contribution in [-0.4, -0.2) is 59.5 Å².